The van der Waals surface area contributed by atoms with E-state index in [2.05, 4.69) is 17.1 Å². The zero-order chi connectivity index (χ0) is 12.4. The van der Waals surface area contributed by atoms with Gasteiger partial charge in [-0.3, -0.25) is 4.98 Å². The first kappa shape index (κ1) is 11.5. The smallest absolute Gasteiger partial charge is 0.139 e. The Bertz CT molecular complexity index is 549. The molecule has 1 aromatic carbocycles. The van der Waals surface area contributed by atoms with Crippen LogP contribution in [0.3, 0.4) is 0 Å². The van der Waals surface area contributed by atoms with E-state index in [-0.39, 0.29) is 5.60 Å². The first-order valence-electron chi connectivity index (χ1n) is 6.55. The summed E-state index contributed by atoms with van der Waals surface area (Å²) in [7, 11) is 0. The fourth-order valence-electron chi connectivity index (χ4n) is 2.59. The zero-order valence-electron chi connectivity index (χ0n) is 10.4. The first-order chi connectivity index (χ1) is 8.81. The maximum absolute atomic E-state index is 6.14. The van der Waals surface area contributed by atoms with Gasteiger partial charge in [0, 0.05) is 5.39 Å². The van der Waals surface area contributed by atoms with Crippen LogP contribution in [0.5, 0.6) is 5.75 Å². The number of hydrogen-bond donors (Lipinski definition) is 1. The van der Waals surface area contributed by atoms with E-state index in [4.69, 9.17) is 10.5 Å². The first-order valence-corrected chi connectivity index (χ1v) is 6.55. The second-order valence-electron chi connectivity index (χ2n) is 5.04. The minimum absolute atomic E-state index is 0.0289. The number of nitrogens with zero attached hydrogens (tertiary/aromatic N) is 1. The molecule has 0 saturated heterocycles. The minimum atomic E-state index is -0.0289. The Hall–Kier alpha value is -1.61. The summed E-state index contributed by atoms with van der Waals surface area (Å²) >= 11 is 0. The van der Waals surface area contributed by atoms with Crippen LogP contribution in [0.1, 0.15) is 25.7 Å². The Morgan fingerprint density at radius 2 is 2.11 bits per heavy atom. The highest BCUT2D eigenvalue weighted by Crippen LogP contribution is 2.39. The molecule has 2 N–H and O–H groups in total. The summed E-state index contributed by atoms with van der Waals surface area (Å²) in [6.45, 7) is 0.682. The van der Waals surface area contributed by atoms with Crippen molar-refractivity contribution in [2.45, 2.75) is 31.3 Å². The topological polar surface area (TPSA) is 48.1 Å². The number of para-hydroxylation sites is 1. The maximum Gasteiger partial charge on any atom is 0.139 e. The molecule has 0 spiro atoms. The van der Waals surface area contributed by atoms with Crippen molar-refractivity contribution < 1.29 is 4.74 Å². The van der Waals surface area contributed by atoms with Gasteiger partial charge in [0.1, 0.15) is 11.4 Å². The third-order valence-electron chi connectivity index (χ3n) is 3.76. The number of aromatic nitrogens is 1. The van der Waals surface area contributed by atoms with Crippen molar-refractivity contribution in [3.63, 3.8) is 0 Å². The number of hydrogen-bond acceptors (Lipinski definition) is 3. The molecule has 1 aliphatic carbocycles. The van der Waals surface area contributed by atoms with Gasteiger partial charge in [-0.15, -0.1) is 0 Å². The van der Waals surface area contributed by atoms with Crippen molar-refractivity contribution in [3.8, 4) is 5.75 Å². The monoisotopic (exact) mass is 242 g/mol. The predicted octanol–water partition coefficient (Wildman–Crippen LogP) is 2.89. The molecule has 0 bridgehead atoms. The third kappa shape index (κ3) is 2.06. The molecule has 94 valence electrons. The van der Waals surface area contributed by atoms with Gasteiger partial charge in [-0.1, -0.05) is 18.2 Å². The van der Waals surface area contributed by atoms with Crippen molar-refractivity contribution in [1.29, 1.82) is 0 Å². The van der Waals surface area contributed by atoms with Crippen molar-refractivity contribution in [2.75, 3.05) is 6.54 Å². The Morgan fingerprint density at radius 3 is 2.83 bits per heavy atom. The molecule has 1 fully saturated rings. The van der Waals surface area contributed by atoms with Crippen molar-refractivity contribution in [2.24, 2.45) is 5.73 Å². The molecule has 1 aliphatic rings. The molecular formula is C15H18N2O. The highest BCUT2D eigenvalue weighted by atomic mass is 16.5. The molecule has 0 atom stereocenters. The largest absolute Gasteiger partial charge is 0.486 e. The molecule has 3 rings (SSSR count). The van der Waals surface area contributed by atoms with Crippen molar-refractivity contribution >= 4 is 10.9 Å². The number of nitrogens with two attached hydrogens (primary N) is 1. The molecule has 2 aromatic rings. The summed E-state index contributed by atoms with van der Waals surface area (Å²) in [6, 6.07) is 10.2. The molecule has 1 heterocycles. The number of fused-ring (bicyclic) bond motifs is 1. The second kappa shape index (κ2) is 4.58. The van der Waals surface area contributed by atoms with Crippen LogP contribution in [0.25, 0.3) is 10.9 Å². The summed E-state index contributed by atoms with van der Waals surface area (Å²) in [5, 5.41) is 1.12. The van der Waals surface area contributed by atoms with Gasteiger partial charge < -0.3 is 10.5 Å². The molecule has 3 heteroatoms. The van der Waals surface area contributed by atoms with Crippen LogP contribution in [-0.4, -0.2) is 17.1 Å². The standard InChI is InChI=1S/C15H18N2O/c16-9-8-15(6-3-7-15)18-13-10-12-4-1-2-5-14(12)17-11-13/h1-2,4-5,10-11H,3,6-9,16H2. The number of pyridine rings is 1. The van der Waals surface area contributed by atoms with Gasteiger partial charge in [0.05, 0.1) is 11.7 Å². The SMILES string of the molecule is NCCC1(Oc2cnc3ccccc3c2)CCC1. The molecule has 18 heavy (non-hydrogen) atoms. The average molecular weight is 242 g/mol. The lowest BCUT2D eigenvalue weighted by atomic mass is 9.77. The lowest BCUT2D eigenvalue weighted by Gasteiger charge is -2.41. The normalized spacial score (nSPS) is 17.4. The Morgan fingerprint density at radius 1 is 1.28 bits per heavy atom. The van der Waals surface area contributed by atoms with Crippen molar-refractivity contribution in [1.82, 2.24) is 4.98 Å². The van der Waals surface area contributed by atoms with E-state index in [0.29, 0.717) is 6.54 Å². The summed E-state index contributed by atoms with van der Waals surface area (Å²) in [5.74, 6) is 0.863. The molecule has 3 nitrogen and oxygen atoms in total. The van der Waals surface area contributed by atoms with Gasteiger partial charge in [0.15, 0.2) is 0 Å². The van der Waals surface area contributed by atoms with E-state index in [1.807, 2.05) is 24.4 Å². The average Bonchev–Trinajstić information content (AvgIpc) is 2.36. The summed E-state index contributed by atoms with van der Waals surface area (Å²) in [5.41, 5.74) is 6.65. The highest BCUT2D eigenvalue weighted by molar-refractivity contribution is 5.79. The lowest BCUT2D eigenvalue weighted by Crippen LogP contribution is -2.44. The number of benzene rings is 1. The third-order valence-corrected chi connectivity index (χ3v) is 3.76. The molecule has 0 aliphatic heterocycles. The van der Waals surface area contributed by atoms with Gasteiger partial charge in [0.2, 0.25) is 0 Å². The van der Waals surface area contributed by atoms with Crippen LogP contribution >= 0.6 is 0 Å². The maximum atomic E-state index is 6.14. The van der Waals surface area contributed by atoms with E-state index >= 15 is 0 Å². The van der Waals surface area contributed by atoms with Gasteiger partial charge in [-0.2, -0.15) is 0 Å². The fraction of sp³-hybridized carbons (Fsp3) is 0.400. The summed E-state index contributed by atoms with van der Waals surface area (Å²) < 4.78 is 6.14. The van der Waals surface area contributed by atoms with E-state index < -0.39 is 0 Å². The van der Waals surface area contributed by atoms with E-state index in [0.717, 1.165) is 35.9 Å². The van der Waals surface area contributed by atoms with Gasteiger partial charge >= 0.3 is 0 Å². The van der Waals surface area contributed by atoms with Crippen LogP contribution in [0, 0.1) is 0 Å². The minimum Gasteiger partial charge on any atom is -0.486 e. The van der Waals surface area contributed by atoms with Crippen LogP contribution < -0.4 is 10.5 Å². The van der Waals surface area contributed by atoms with Gasteiger partial charge in [-0.25, -0.2) is 0 Å². The summed E-state index contributed by atoms with van der Waals surface area (Å²) in [4.78, 5) is 4.43. The lowest BCUT2D eigenvalue weighted by molar-refractivity contribution is -0.0126. The number of rotatable bonds is 4. The molecule has 0 unspecified atom stereocenters. The van der Waals surface area contributed by atoms with Gasteiger partial charge in [-0.05, 0) is 44.4 Å². The van der Waals surface area contributed by atoms with E-state index in [1.54, 1.807) is 0 Å². The summed E-state index contributed by atoms with van der Waals surface area (Å²) in [6.07, 6.45) is 6.20. The second-order valence-corrected chi connectivity index (χ2v) is 5.04. The van der Waals surface area contributed by atoms with Crippen LogP contribution in [0.2, 0.25) is 0 Å². The van der Waals surface area contributed by atoms with E-state index in [1.165, 1.54) is 6.42 Å². The number of ether oxygens (including phenoxy) is 1. The quantitative estimate of drug-likeness (QED) is 0.896. The predicted molar refractivity (Wildman–Crippen MR) is 72.6 cm³/mol. The molecule has 0 amide bonds. The molecule has 1 aromatic heterocycles. The molecular weight excluding hydrogens is 224 g/mol. The Kier molecular flexibility index (Phi) is 2.92. The van der Waals surface area contributed by atoms with Crippen LogP contribution in [0.15, 0.2) is 36.5 Å². The van der Waals surface area contributed by atoms with Gasteiger partial charge in [0.25, 0.3) is 0 Å². The van der Waals surface area contributed by atoms with Crippen molar-refractivity contribution in [3.05, 3.63) is 36.5 Å². The Labute approximate surface area is 107 Å². The highest BCUT2D eigenvalue weighted by Gasteiger charge is 2.38. The molecule has 1 saturated carbocycles. The molecule has 0 radical (unpaired) electrons. The van der Waals surface area contributed by atoms with Crippen LogP contribution in [0.4, 0.5) is 0 Å². The Balaban J connectivity index is 1.86. The fourth-order valence-corrected chi connectivity index (χ4v) is 2.59. The van der Waals surface area contributed by atoms with Crippen LogP contribution in [-0.2, 0) is 0 Å². The van der Waals surface area contributed by atoms with E-state index in [9.17, 15) is 0 Å². The zero-order valence-corrected chi connectivity index (χ0v) is 10.4.